The van der Waals surface area contributed by atoms with Gasteiger partial charge in [-0.15, -0.1) is 6.07 Å². The fourth-order valence-electron chi connectivity index (χ4n) is 0.805. The average Bonchev–Trinajstić information content (AvgIpc) is 2.17. The van der Waals surface area contributed by atoms with E-state index >= 15 is 0 Å². The van der Waals surface area contributed by atoms with E-state index in [1.807, 2.05) is 0 Å². The molecule has 1 heterocycles. The minimum absolute atomic E-state index is 0. The molecule has 1 rings (SSSR count). The number of hydrogen-bond donors (Lipinski definition) is 3. The Labute approximate surface area is 117 Å². The molecule has 4 N–H and O–H groups in total. The molecule has 0 spiro atoms. The number of rotatable bonds is 2. The Bertz CT molecular complexity index is 416. The number of carbonyl (C=O) groups excluding carboxylic acids is 1. The maximum absolute atomic E-state index is 11.4. The zero-order valence-corrected chi connectivity index (χ0v) is 11.4. The molecule has 0 aliphatic heterocycles. The molecule has 0 amide bonds. The maximum Gasteiger partial charge on any atom is 0.250 e. The first-order chi connectivity index (χ1) is 7.00. The smallest absolute Gasteiger partial charge is 0.250 e. The fourth-order valence-corrected chi connectivity index (χ4v) is 0.805. The normalized spacial score (nSPS) is 8.81. The van der Waals surface area contributed by atoms with Gasteiger partial charge in [-0.25, -0.2) is 0 Å². The van der Waals surface area contributed by atoms with Crippen molar-refractivity contribution < 1.29 is 42.2 Å². The van der Waals surface area contributed by atoms with E-state index in [0.717, 1.165) is 0 Å². The standard InChI is InChI=1S/C9H9N4O2.Y/c1-5(10)15-9(12)8(14)7-3-2-6(11)4-13-7;/h3-4,10,12H,11H2,1H3;/q-1;. The minimum Gasteiger partial charge on any atom is -0.423 e. The zero-order valence-electron chi connectivity index (χ0n) is 8.57. The number of nitrogens with zero attached hydrogens (tertiary/aromatic N) is 1. The van der Waals surface area contributed by atoms with Crippen LogP contribution in [0, 0.1) is 16.9 Å². The number of aromatic nitrogens is 1. The summed E-state index contributed by atoms with van der Waals surface area (Å²) in [5.74, 6) is -1.58. The third kappa shape index (κ3) is 4.16. The van der Waals surface area contributed by atoms with Gasteiger partial charge < -0.3 is 15.5 Å². The number of ether oxygens (including phenoxy) is 1. The Balaban J connectivity index is 0.00000225. The summed E-state index contributed by atoms with van der Waals surface area (Å²) in [5.41, 5.74) is 5.65. The van der Waals surface area contributed by atoms with Gasteiger partial charge in [-0.2, -0.15) is 6.07 Å². The summed E-state index contributed by atoms with van der Waals surface area (Å²) < 4.78 is 4.53. The fraction of sp³-hybridized carbons (Fsp3) is 0.111. The summed E-state index contributed by atoms with van der Waals surface area (Å²) in [7, 11) is 0. The monoisotopic (exact) mass is 294 g/mol. The van der Waals surface area contributed by atoms with Gasteiger partial charge in [-0.1, -0.05) is 11.9 Å². The number of ketones is 1. The molecule has 0 atom stereocenters. The van der Waals surface area contributed by atoms with Crippen LogP contribution < -0.4 is 5.73 Å². The molecule has 1 radical (unpaired) electrons. The van der Waals surface area contributed by atoms with Crippen molar-refractivity contribution >= 4 is 23.3 Å². The molecule has 81 valence electrons. The quantitative estimate of drug-likeness (QED) is 0.321. The van der Waals surface area contributed by atoms with Gasteiger partial charge in [0, 0.05) is 45.3 Å². The van der Waals surface area contributed by atoms with Crippen LogP contribution in [0.3, 0.4) is 0 Å². The third-order valence-corrected chi connectivity index (χ3v) is 1.41. The molecule has 0 aliphatic carbocycles. The van der Waals surface area contributed by atoms with Crippen LogP contribution in [0.1, 0.15) is 17.4 Å². The van der Waals surface area contributed by atoms with E-state index in [0.29, 0.717) is 5.69 Å². The summed E-state index contributed by atoms with van der Waals surface area (Å²) in [6.07, 6.45) is 1.26. The molecular weight excluding hydrogens is 285 g/mol. The van der Waals surface area contributed by atoms with Crippen molar-refractivity contribution in [3.05, 3.63) is 24.0 Å². The number of nitrogens with one attached hydrogen (secondary N) is 2. The van der Waals surface area contributed by atoms with Gasteiger partial charge in [-0.3, -0.25) is 15.6 Å². The van der Waals surface area contributed by atoms with E-state index in [4.69, 9.17) is 16.6 Å². The first-order valence-electron chi connectivity index (χ1n) is 4.00. The molecule has 0 unspecified atom stereocenters. The van der Waals surface area contributed by atoms with E-state index in [1.54, 1.807) is 0 Å². The Morgan fingerprint density at radius 1 is 1.56 bits per heavy atom. The molecule has 1 aromatic rings. The topological polar surface area (TPSA) is 113 Å². The van der Waals surface area contributed by atoms with Gasteiger partial charge in [0.25, 0.3) is 5.90 Å². The Kier molecular flexibility index (Phi) is 5.99. The summed E-state index contributed by atoms with van der Waals surface area (Å²) in [6, 6.07) is 3.85. The van der Waals surface area contributed by atoms with E-state index in [2.05, 4.69) is 15.8 Å². The Morgan fingerprint density at radius 3 is 2.62 bits per heavy atom. The van der Waals surface area contributed by atoms with Crippen molar-refractivity contribution in [2.24, 2.45) is 0 Å². The molecule has 6 nitrogen and oxygen atoms in total. The van der Waals surface area contributed by atoms with Crippen LogP contribution in [-0.2, 0) is 37.4 Å². The Morgan fingerprint density at radius 2 is 2.19 bits per heavy atom. The number of carbonyl (C=O) groups is 1. The molecule has 7 heteroatoms. The summed E-state index contributed by atoms with van der Waals surface area (Å²) >= 11 is 0. The molecule has 0 fully saturated rings. The number of pyridine rings is 1. The third-order valence-electron chi connectivity index (χ3n) is 1.41. The predicted octanol–water partition coefficient (Wildman–Crippen LogP) is 0.635. The molecular formula is C9H9N4O2Y-. The van der Waals surface area contributed by atoms with E-state index < -0.39 is 11.7 Å². The van der Waals surface area contributed by atoms with Gasteiger partial charge in [0.15, 0.2) is 5.90 Å². The number of nitrogen functional groups attached to an aromatic ring is 1. The van der Waals surface area contributed by atoms with E-state index in [-0.39, 0.29) is 44.3 Å². The van der Waals surface area contributed by atoms with Gasteiger partial charge in [0.05, 0.1) is 0 Å². The van der Waals surface area contributed by atoms with Crippen molar-refractivity contribution in [1.29, 1.82) is 10.8 Å². The molecule has 1 aromatic heterocycles. The number of anilines is 1. The summed E-state index contributed by atoms with van der Waals surface area (Å²) in [5, 5.41) is 14.2. The van der Waals surface area contributed by atoms with Crippen LogP contribution in [0.15, 0.2) is 12.3 Å². The van der Waals surface area contributed by atoms with Crippen LogP contribution in [0.4, 0.5) is 5.69 Å². The van der Waals surface area contributed by atoms with Crippen LogP contribution >= 0.6 is 0 Å². The molecule has 0 saturated carbocycles. The molecule has 0 aromatic carbocycles. The van der Waals surface area contributed by atoms with E-state index in [9.17, 15) is 4.79 Å². The van der Waals surface area contributed by atoms with Crippen molar-refractivity contribution in [3.63, 3.8) is 0 Å². The first-order valence-corrected chi connectivity index (χ1v) is 4.00. The van der Waals surface area contributed by atoms with Crippen molar-refractivity contribution in [2.45, 2.75) is 6.92 Å². The minimum atomic E-state index is -0.710. The number of Topliss-reactive ketones (excluding diaryl/α,β-unsaturated/α-hetero) is 1. The van der Waals surface area contributed by atoms with Gasteiger partial charge in [0.1, 0.15) is 0 Å². The van der Waals surface area contributed by atoms with Gasteiger partial charge in [-0.05, 0) is 0 Å². The van der Waals surface area contributed by atoms with Gasteiger partial charge >= 0.3 is 0 Å². The van der Waals surface area contributed by atoms with Crippen molar-refractivity contribution in [2.75, 3.05) is 5.73 Å². The van der Waals surface area contributed by atoms with Crippen LogP contribution in [-0.4, -0.2) is 22.6 Å². The first kappa shape index (κ1) is 14.9. The average molecular weight is 294 g/mol. The number of hydrogen-bond acceptors (Lipinski definition) is 6. The van der Waals surface area contributed by atoms with Crippen molar-refractivity contribution in [3.8, 4) is 0 Å². The maximum atomic E-state index is 11.4. The predicted molar refractivity (Wildman–Crippen MR) is 54.0 cm³/mol. The summed E-state index contributed by atoms with van der Waals surface area (Å²) in [4.78, 5) is 15.1. The largest absolute Gasteiger partial charge is 0.423 e. The van der Waals surface area contributed by atoms with Gasteiger partial charge in [0.2, 0.25) is 5.78 Å². The molecule has 0 saturated heterocycles. The second-order valence-electron chi connectivity index (χ2n) is 2.70. The zero-order chi connectivity index (χ0) is 11.4. The van der Waals surface area contributed by atoms with E-state index in [1.165, 1.54) is 19.2 Å². The van der Waals surface area contributed by atoms with Crippen LogP contribution in [0.2, 0.25) is 0 Å². The number of nitrogens with two attached hydrogens (primary N) is 1. The second-order valence-corrected chi connectivity index (χ2v) is 2.70. The molecule has 0 bridgehead atoms. The molecule has 0 aliphatic rings. The summed E-state index contributed by atoms with van der Waals surface area (Å²) in [6.45, 7) is 1.32. The van der Waals surface area contributed by atoms with Crippen LogP contribution in [0.25, 0.3) is 0 Å². The van der Waals surface area contributed by atoms with Crippen molar-refractivity contribution in [1.82, 2.24) is 4.98 Å². The second kappa shape index (κ2) is 6.45. The Hall–Kier alpha value is -1.14. The molecule has 16 heavy (non-hydrogen) atoms. The van der Waals surface area contributed by atoms with Crippen LogP contribution in [0.5, 0.6) is 0 Å². The SMILES string of the molecule is CC(=N)OC(=N)C(=O)c1c[c-]c(N)cn1.[Y].